The van der Waals surface area contributed by atoms with E-state index in [0.29, 0.717) is 5.92 Å². The lowest BCUT2D eigenvalue weighted by molar-refractivity contribution is 0.746. The number of aromatic nitrogens is 4. The summed E-state index contributed by atoms with van der Waals surface area (Å²) in [5.74, 6) is 2.06. The molecule has 108 valence electrons. The highest BCUT2D eigenvalue weighted by Gasteiger charge is 2.17. The second-order valence-corrected chi connectivity index (χ2v) is 5.32. The third kappa shape index (κ3) is 2.53. The zero-order valence-corrected chi connectivity index (χ0v) is 13.2. The van der Waals surface area contributed by atoms with Gasteiger partial charge in [-0.15, -0.1) is 0 Å². The Labute approximate surface area is 120 Å². The molecular weight excluding hydrogens is 250 g/mol. The molecule has 0 amide bonds. The van der Waals surface area contributed by atoms with Crippen molar-refractivity contribution in [3.05, 3.63) is 23.1 Å². The van der Waals surface area contributed by atoms with Gasteiger partial charge >= 0.3 is 0 Å². The number of nitrogens with zero attached hydrogens (tertiary/aromatic N) is 4. The van der Waals surface area contributed by atoms with E-state index < -0.39 is 0 Å². The van der Waals surface area contributed by atoms with E-state index in [1.54, 1.807) is 0 Å². The summed E-state index contributed by atoms with van der Waals surface area (Å²) in [6.07, 6.45) is 2.86. The molecule has 2 heterocycles. The van der Waals surface area contributed by atoms with Crippen LogP contribution in [0.2, 0.25) is 0 Å². The molecule has 0 radical (unpaired) electrons. The van der Waals surface area contributed by atoms with Crippen LogP contribution in [-0.2, 0) is 13.5 Å². The van der Waals surface area contributed by atoms with Crippen LogP contribution in [0.4, 0.5) is 5.82 Å². The molecule has 0 saturated heterocycles. The number of hydrogen-bond acceptors (Lipinski definition) is 4. The Bertz CT molecular complexity index is 613. The van der Waals surface area contributed by atoms with Crippen molar-refractivity contribution in [2.24, 2.45) is 7.05 Å². The van der Waals surface area contributed by atoms with Crippen molar-refractivity contribution in [3.8, 4) is 11.4 Å². The first-order chi connectivity index (χ1) is 9.47. The Kier molecular flexibility index (Phi) is 4.06. The molecule has 5 nitrogen and oxygen atoms in total. The van der Waals surface area contributed by atoms with Crippen molar-refractivity contribution in [2.45, 2.75) is 40.0 Å². The fourth-order valence-electron chi connectivity index (χ4n) is 2.57. The van der Waals surface area contributed by atoms with Gasteiger partial charge in [0.25, 0.3) is 0 Å². The summed E-state index contributed by atoms with van der Waals surface area (Å²) >= 11 is 0. The maximum absolute atomic E-state index is 4.69. The lowest BCUT2D eigenvalue weighted by Gasteiger charge is -2.15. The van der Waals surface area contributed by atoms with Crippen LogP contribution in [0, 0.1) is 6.92 Å². The zero-order chi connectivity index (χ0) is 14.9. The minimum Gasteiger partial charge on any atom is -0.373 e. The number of nitrogens with one attached hydrogen (secondary N) is 1. The van der Waals surface area contributed by atoms with E-state index in [-0.39, 0.29) is 0 Å². The van der Waals surface area contributed by atoms with Gasteiger partial charge in [0.1, 0.15) is 5.82 Å². The van der Waals surface area contributed by atoms with E-state index in [2.05, 4.69) is 36.2 Å². The minimum atomic E-state index is 0.394. The van der Waals surface area contributed by atoms with Crippen molar-refractivity contribution in [2.75, 3.05) is 12.4 Å². The number of rotatable bonds is 4. The first-order valence-corrected chi connectivity index (χ1v) is 7.07. The quantitative estimate of drug-likeness (QED) is 0.930. The van der Waals surface area contributed by atoms with Gasteiger partial charge in [0.2, 0.25) is 0 Å². The summed E-state index contributed by atoms with van der Waals surface area (Å²) in [7, 11) is 3.83. The summed E-state index contributed by atoms with van der Waals surface area (Å²) < 4.78 is 1.82. The van der Waals surface area contributed by atoms with Gasteiger partial charge in [0.15, 0.2) is 5.82 Å². The van der Waals surface area contributed by atoms with Crippen molar-refractivity contribution >= 4 is 5.82 Å². The molecule has 0 aromatic carbocycles. The molecule has 20 heavy (non-hydrogen) atoms. The zero-order valence-electron chi connectivity index (χ0n) is 13.2. The van der Waals surface area contributed by atoms with Crippen LogP contribution in [-0.4, -0.2) is 26.8 Å². The normalized spacial score (nSPS) is 11.2. The molecule has 0 aliphatic heterocycles. The van der Waals surface area contributed by atoms with E-state index in [1.165, 1.54) is 5.56 Å². The Morgan fingerprint density at radius 1 is 1.30 bits per heavy atom. The van der Waals surface area contributed by atoms with Gasteiger partial charge in [-0.05, 0) is 19.3 Å². The molecule has 2 rings (SSSR count). The smallest absolute Gasteiger partial charge is 0.165 e. The molecule has 0 atom stereocenters. The third-order valence-electron chi connectivity index (χ3n) is 3.43. The Hall–Kier alpha value is -1.91. The highest BCUT2D eigenvalue weighted by Crippen LogP contribution is 2.28. The van der Waals surface area contributed by atoms with Crippen LogP contribution >= 0.6 is 0 Å². The SMILES string of the molecule is CCc1nn(C)cc1-c1nc(C)c(C(C)C)c(NC)n1. The van der Waals surface area contributed by atoms with E-state index >= 15 is 0 Å². The van der Waals surface area contributed by atoms with Gasteiger partial charge in [-0.2, -0.15) is 5.10 Å². The number of anilines is 1. The van der Waals surface area contributed by atoms with Crippen molar-refractivity contribution in [1.29, 1.82) is 0 Å². The molecule has 0 spiro atoms. The van der Waals surface area contributed by atoms with Gasteiger partial charge in [-0.1, -0.05) is 20.8 Å². The number of hydrogen-bond donors (Lipinski definition) is 1. The highest BCUT2D eigenvalue weighted by atomic mass is 15.3. The molecule has 0 unspecified atom stereocenters. The molecular formula is C15H23N5. The van der Waals surface area contributed by atoms with Crippen LogP contribution in [0.15, 0.2) is 6.20 Å². The van der Waals surface area contributed by atoms with E-state index in [4.69, 9.17) is 4.98 Å². The highest BCUT2D eigenvalue weighted by molar-refractivity contribution is 5.62. The molecule has 1 N–H and O–H groups in total. The van der Waals surface area contributed by atoms with Gasteiger partial charge in [0.05, 0.1) is 11.3 Å². The molecule has 0 bridgehead atoms. The van der Waals surface area contributed by atoms with E-state index in [0.717, 1.165) is 35.0 Å². The molecule has 2 aromatic rings. The van der Waals surface area contributed by atoms with Crippen molar-refractivity contribution in [3.63, 3.8) is 0 Å². The van der Waals surface area contributed by atoms with Crippen LogP contribution in [0.25, 0.3) is 11.4 Å². The first-order valence-electron chi connectivity index (χ1n) is 7.07. The summed E-state index contributed by atoms with van der Waals surface area (Å²) in [4.78, 5) is 9.38. The standard InChI is InChI=1S/C15H23N5/c1-7-12-11(8-20(6)19-12)14-17-10(4)13(9(2)3)15(16-5)18-14/h8-9H,7H2,1-6H3,(H,16,17,18). The predicted molar refractivity (Wildman–Crippen MR) is 82.0 cm³/mol. The average Bonchev–Trinajstić information content (AvgIpc) is 2.78. The first kappa shape index (κ1) is 14.5. The summed E-state index contributed by atoms with van der Waals surface area (Å²) in [5.41, 5.74) is 4.26. The molecule has 0 aliphatic rings. The Morgan fingerprint density at radius 3 is 2.55 bits per heavy atom. The third-order valence-corrected chi connectivity index (χ3v) is 3.43. The second-order valence-electron chi connectivity index (χ2n) is 5.32. The molecule has 0 aliphatic carbocycles. The van der Waals surface area contributed by atoms with Gasteiger partial charge in [-0.3, -0.25) is 4.68 Å². The van der Waals surface area contributed by atoms with Gasteiger partial charge < -0.3 is 5.32 Å². The molecule has 2 aromatic heterocycles. The van der Waals surface area contributed by atoms with Crippen LogP contribution in [0.5, 0.6) is 0 Å². The molecule has 5 heteroatoms. The maximum Gasteiger partial charge on any atom is 0.165 e. The average molecular weight is 273 g/mol. The maximum atomic E-state index is 4.69. The van der Waals surface area contributed by atoms with Crippen LogP contribution < -0.4 is 5.32 Å². The largest absolute Gasteiger partial charge is 0.373 e. The number of aryl methyl sites for hydroxylation is 3. The Balaban J connectivity index is 2.61. The summed E-state index contributed by atoms with van der Waals surface area (Å²) in [6, 6.07) is 0. The predicted octanol–water partition coefficient (Wildman–Crippen LogP) is 2.91. The topological polar surface area (TPSA) is 55.6 Å². The van der Waals surface area contributed by atoms with Crippen LogP contribution in [0.3, 0.4) is 0 Å². The molecule has 0 saturated carbocycles. The minimum absolute atomic E-state index is 0.394. The fourth-order valence-corrected chi connectivity index (χ4v) is 2.57. The summed E-state index contributed by atoms with van der Waals surface area (Å²) in [5, 5.41) is 7.66. The second kappa shape index (κ2) is 5.61. The lowest BCUT2D eigenvalue weighted by atomic mass is 10.0. The van der Waals surface area contributed by atoms with Gasteiger partial charge in [-0.25, -0.2) is 9.97 Å². The van der Waals surface area contributed by atoms with E-state index in [1.807, 2.05) is 31.9 Å². The van der Waals surface area contributed by atoms with Crippen molar-refractivity contribution < 1.29 is 0 Å². The molecule has 0 fully saturated rings. The monoisotopic (exact) mass is 273 g/mol. The summed E-state index contributed by atoms with van der Waals surface area (Å²) in [6.45, 7) is 8.46. The van der Waals surface area contributed by atoms with Crippen LogP contribution in [0.1, 0.15) is 43.6 Å². The van der Waals surface area contributed by atoms with Crippen molar-refractivity contribution in [1.82, 2.24) is 19.7 Å². The lowest BCUT2D eigenvalue weighted by Crippen LogP contribution is -2.07. The van der Waals surface area contributed by atoms with E-state index in [9.17, 15) is 0 Å². The fraction of sp³-hybridized carbons (Fsp3) is 0.533. The Morgan fingerprint density at radius 2 is 2.00 bits per heavy atom. The van der Waals surface area contributed by atoms with Gasteiger partial charge in [0, 0.05) is 31.5 Å².